The number of hydrogen-bond acceptors (Lipinski definition) is 1. The lowest BCUT2D eigenvalue weighted by atomic mass is 9.91. The molecular weight excluding hydrogens is 253 g/mol. The van der Waals surface area contributed by atoms with E-state index >= 15 is 0 Å². The summed E-state index contributed by atoms with van der Waals surface area (Å²) in [5, 5.41) is 4.76. The van der Waals surface area contributed by atoms with E-state index in [0.717, 1.165) is 11.5 Å². The smallest absolute Gasteiger partial charge is 0.0640 e. The quantitative estimate of drug-likeness (QED) is 0.841. The molecule has 3 unspecified atom stereocenters. The van der Waals surface area contributed by atoms with Crippen LogP contribution in [0.15, 0.2) is 18.2 Å². The molecule has 1 fully saturated rings. The minimum atomic E-state index is 0.325. The standard InChI is InChI=1S/C14H19Cl2N/c1-9-6-7-10(8-9)14(17-2)11-4-3-5-12(15)13(11)16/h3-5,9-10,14,17H,6-8H2,1-2H3. The number of nitrogens with one attached hydrogen (secondary N) is 1. The predicted octanol–water partition coefficient (Wildman–Crippen LogP) is 4.69. The van der Waals surface area contributed by atoms with Gasteiger partial charge in [-0.25, -0.2) is 0 Å². The van der Waals surface area contributed by atoms with Gasteiger partial charge >= 0.3 is 0 Å². The summed E-state index contributed by atoms with van der Waals surface area (Å²) in [4.78, 5) is 0. The first-order valence-corrected chi connectivity index (χ1v) is 7.00. The summed E-state index contributed by atoms with van der Waals surface area (Å²) in [6.07, 6.45) is 3.87. The van der Waals surface area contributed by atoms with E-state index in [2.05, 4.69) is 18.3 Å². The lowest BCUT2D eigenvalue weighted by Crippen LogP contribution is -2.24. The van der Waals surface area contributed by atoms with E-state index in [9.17, 15) is 0 Å². The van der Waals surface area contributed by atoms with Crippen LogP contribution in [-0.2, 0) is 0 Å². The first-order chi connectivity index (χ1) is 8.13. The van der Waals surface area contributed by atoms with Gasteiger partial charge in [-0.15, -0.1) is 0 Å². The molecule has 1 saturated carbocycles. The number of halogens is 2. The lowest BCUT2D eigenvalue weighted by Gasteiger charge is -2.25. The van der Waals surface area contributed by atoms with Crippen LogP contribution < -0.4 is 5.32 Å². The lowest BCUT2D eigenvalue weighted by molar-refractivity contribution is 0.379. The van der Waals surface area contributed by atoms with Crippen LogP contribution in [0.1, 0.15) is 37.8 Å². The minimum absolute atomic E-state index is 0.325. The van der Waals surface area contributed by atoms with Crippen LogP contribution in [0, 0.1) is 11.8 Å². The second kappa shape index (κ2) is 5.60. The Bertz CT molecular complexity index is 392. The molecule has 0 heterocycles. The Morgan fingerprint density at radius 2 is 2.06 bits per heavy atom. The number of hydrogen-bond donors (Lipinski definition) is 1. The van der Waals surface area contributed by atoms with Crippen molar-refractivity contribution in [2.24, 2.45) is 11.8 Å². The fourth-order valence-corrected chi connectivity index (χ4v) is 3.39. The average molecular weight is 272 g/mol. The third-order valence-corrected chi connectivity index (χ3v) is 4.67. The van der Waals surface area contributed by atoms with Crippen molar-refractivity contribution in [2.75, 3.05) is 7.05 Å². The van der Waals surface area contributed by atoms with Gasteiger partial charge in [-0.3, -0.25) is 0 Å². The Morgan fingerprint density at radius 3 is 2.65 bits per heavy atom. The molecule has 17 heavy (non-hydrogen) atoms. The van der Waals surface area contributed by atoms with E-state index in [-0.39, 0.29) is 0 Å². The Labute approximate surface area is 114 Å². The highest BCUT2D eigenvalue weighted by Crippen LogP contribution is 2.41. The molecule has 3 atom stereocenters. The van der Waals surface area contributed by atoms with E-state index in [0.29, 0.717) is 22.0 Å². The van der Waals surface area contributed by atoms with Gasteiger partial charge in [-0.1, -0.05) is 48.7 Å². The molecule has 0 saturated heterocycles. The minimum Gasteiger partial charge on any atom is -0.313 e. The topological polar surface area (TPSA) is 12.0 Å². The molecule has 3 heteroatoms. The van der Waals surface area contributed by atoms with Crippen LogP contribution in [0.4, 0.5) is 0 Å². The van der Waals surface area contributed by atoms with Gasteiger partial charge in [0.25, 0.3) is 0 Å². The zero-order valence-corrected chi connectivity index (χ0v) is 11.9. The van der Waals surface area contributed by atoms with E-state index in [1.807, 2.05) is 19.2 Å². The van der Waals surface area contributed by atoms with Crippen molar-refractivity contribution in [2.45, 2.75) is 32.2 Å². The summed E-state index contributed by atoms with van der Waals surface area (Å²) in [7, 11) is 2.00. The van der Waals surface area contributed by atoms with Crippen molar-refractivity contribution in [3.8, 4) is 0 Å². The highest BCUT2D eigenvalue weighted by molar-refractivity contribution is 6.42. The van der Waals surface area contributed by atoms with Crippen LogP contribution in [0.25, 0.3) is 0 Å². The summed E-state index contributed by atoms with van der Waals surface area (Å²) in [5.74, 6) is 1.50. The first-order valence-electron chi connectivity index (χ1n) is 6.24. The van der Waals surface area contributed by atoms with Crippen LogP contribution in [0.3, 0.4) is 0 Å². The number of rotatable bonds is 3. The Hall–Kier alpha value is -0.240. The van der Waals surface area contributed by atoms with Gasteiger partial charge in [-0.05, 0) is 43.4 Å². The van der Waals surface area contributed by atoms with E-state index in [1.165, 1.54) is 19.3 Å². The van der Waals surface area contributed by atoms with Crippen molar-refractivity contribution in [1.29, 1.82) is 0 Å². The fraction of sp³-hybridized carbons (Fsp3) is 0.571. The second-order valence-corrected chi connectivity index (χ2v) is 5.87. The third kappa shape index (κ3) is 2.78. The molecule has 0 bridgehead atoms. The first kappa shape index (κ1) is 13.2. The maximum Gasteiger partial charge on any atom is 0.0640 e. The summed E-state index contributed by atoms with van der Waals surface area (Å²) in [6.45, 7) is 2.33. The van der Waals surface area contributed by atoms with E-state index in [4.69, 9.17) is 23.2 Å². The van der Waals surface area contributed by atoms with Crippen LogP contribution >= 0.6 is 23.2 Å². The molecule has 1 aliphatic carbocycles. The Kier molecular flexibility index (Phi) is 4.35. The highest BCUT2D eigenvalue weighted by atomic mass is 35.5. The zero-order chi connectivity index (χ0) is 12.4. The maximum absolute atomic E-state index is 6.31. The largest absolute Gasteiger partial charge is 0.313 e. The van der Waals surface area contributed by atoms with Crippen molar-refractivity contribution in [1.82, 2.24) is 5.32 Å². The fourth-order valence-electron chi connectivity index (χ4n) is 2.96. The van der Waals surface area contributed by atoms with Crippen LogP contribution in [0.2, 0.25) is 10.0 Å². The van der Waals surface area contributed by atoms with Gasteiger partial charge in [-0.2, -0.15) is 0 Å². The SMILES string of the molecule is CNC(c1cccc(Cl)c1Cl)C1CCC(C)C1. The van der Waals surface area contributed by atoms with Gasteiger partial charge in [0.05, 0.1) is 10.0 Å². The molecule has 0 aromatic heterocycles. The van der Waals surface area contributed by atoms with Crippen molar-refractivity contribution < 1.29 is 0 Å². The van der Waals surface area contributed by atoms with Gasteiger partial charge in [0.2, 0.25) is 0 Å². The summed E-state index contributed by atoms with van der Waals surface area (Å²) >= 11 is 12.4. The van der Waals surface area contributed by atoms with Crippen LogP contribution in [-0.4, -0.2) is 7.05 Å². The Morgan fingerprint density at radius 1 is 1.29 bits per heavy atom. The molecule has 0 aliphatic heterocycles. The summed E-state index contributed by atoms with van der Waals surface area (Å²) in [6, 6.07) is 6.23. The monoisotopic (exact) mass is 271 g/mol. The average Bonchev–Trinajstić information content (AvgIpc) is 2.72. The van der Waals surface area contributed by atoms with Gasteiger partial charge in [0.15, 0.2) is 0 Å². The summed E-state index contributed by atoms with van der Waals surface area (Å²) < 4.78 is 0. The molecule has 1 aliphatic rings. The summed E-state index contributed by atoms with van der Waals surface area (Å²) in [5.41, 5.74) is 1.14. The van der Waals surface area contributed by atoms with Crippen molar-refractivity contribution in [3.63, 3.8) is 0 Å². The van der Waals surface area contributed by atoms with Gasteiger partial charge in [0.1, 0.15) is 0 Å². The van der Waals surface area contributed by atoms with E-state index in [1.54, 1.807) is 0 Å². The molecule has 0 spiro atoms. The third-order valence-electron chi connectivity index (χ3n) is 3.83. The molecule has 2 rings (SSSR count). The van der Waals surface area contributed by atoms with Gasteiger partial charge in [0, 0.05) is 6.04 Å². The Balaban J connectivity index is 2.26. The maximum atomic E-state index is 6.31. The van der Waals surface area contributed by atoms with Gasteiger partial charge < -0.3 is 5.32 Å². The molecule has 94 valence electrons. The normalized spacial score (nSPS) is 26.1. The zero-order valence-electron chi connectivity index (χ0n) is 10.3. The molecular formula is C14H19Cl2N. The highest BCUT2D eigenvalue weighted by Gasteiger charge is 2.30. The molecule has 1 aromatic carbocycles. The number of benzene rings is 1. The second-order valence-electron chi connectivity index (χ2n) is 5.09. The van der Waals surface area contributed by atoms with Crippen molar-refractivity contribution in [3.05, 3.63) is 33.8 Å². The van der Waals surface area contributed by atoms with E-state index < -0.39 is 0 Å². The molecule has 0 amide bonds. The molecule has 0 radical (unpaired) electrons. The molecule has 1 nitrogen and oxygen atoms in total. The predicted molar refractivity (Wildman–Crippen MR) is 74.8 cm³/mol. The molecule has 1 aromatic rings. The molecule has 1 N–H and O–H groups in total. The van der Waals surface area contributed by atoms with Crippen LogP contribution in [0.5, 0.6) is 0 Å². The van der Waals surface area contributed by atoms with Crippen molar-refractivity contribution >= 4 is 23.2 Å².